The van der Waals surface area contributed by atoms with Crippen molar-refractivity contribution in [2.45, 2.75) is 38.3 Å². The number of halogens is 1. The molecule has 0 saturated carbocycles. The molecule has 2 rings (SSSR count). The minimum atomic E-state index is 0.448. The zero-order valence-corrected chi connectivity index (χ0v) is 12.1. The van der Waals surface area contributed by atoms with E-state index in [4.69, 9.17) is 11.6 Å². The second kappa shape index (κ2) is 6.55. The Kier molecular flexibility index (Phi) is 5.04. The molecule has 1 fully saturated rings. The quantitative estimate of drug-likeness (QED) is 0.878. The monoisotopic (exact) mass is 266 g/mol. The molecule has 2 unspecified atom stereocenters. The standard InChI is InChI=1S/C15H23ClN2/c1-12(13-5-7-14(16)8-6-13)18(2)11-9-15-4-3-10-17-15/h5-8,12,15,17H,3-4,9-11H2,1-2H3. The number of benzene rings is 1. The Hall–Kier alpha value is -0.570. The van der Waals surface area contributed by atoms with Gasteiger partial charge in [-0.2, -0.15) is 0 Å². The summed E-state index contributed by atoms with van der Waals surface area (Å²) in [5, 5.41) is 4.36. The molecule has 0 aromatic heterocycles. The van der Waals surface area contributed by atoms with Gasteiger partial charge in [0.05, 0.1) is 0 Å². The maximum absolute atomic E-state index is 5.92. The van der Waals surface area contributed by atoms with Crippen molar-refractivity contribution in [3.8, 4) is 0 Å². The molecular formula is C15H23ClN2. The van der Waals surface area contributed by atoms with Crippen LogP contribution >= 0.6 is 11.6 Å². The summed E-state index contributed by atoms with van der Waals surface area (Å²) in [7, 11) is 2.20. The van der Waals surface area contributed by atoms with Crippen LogP contribution in [0, 0.1) is 0 Å². The number of hydrogen-bond acceptors (Lipinski definition) is 2. The van der Waals surface area contributed by atoms with Crippen LogP contribution in [0.5, 0.6) is 0 Å². The fourth-order valence-corrected chi connectivity index (χ4v) is 2.68. The molecule has 1 aromatic carbocycles. The number of hydrogen-bond donors (Lipinski definition) is 1. The smallest absolute Gasteiger partial charge is 0.0406 e. The summed E-state index contributed by atoms with van der Waals surface area (Å²) in [4.78, 5) is 2.42. The summed E-state index contributed by atoms with van der Waals surface area (Å²) in [6.45, 7) is 4.59. The number of nitrogens with one attached hydrogen (secondary N) is 1. The Morgan fingerprint density at radius 3 is 2.72 bits per heavy atom. The first kappa shape index (κ1) is 13.9. The molecule has 0 bridgehead atoms. The molecular weight excluding hydrogens is 244 g/mol. The van der Waals surface area contributed by atoms with Gasteiger partial charge in [0.25, 0.3) is 0 Å². The second-order valence-corrected chi connectivity index (χ2v) is 5.73. The Balaban J connectivity index is 1.83. The van der Waals surface area contributed by atoms with Gasteiger partial charge in [-0.05, 0) is 64.0 Å². The van der Waals surface area contributed by atoms with E-state index in [1.807, 2.05) is 12.1 Å². The van der Waals surface area contributed by atoms with Gasteiger partial charge in [0.2, 0.25) is 0 Å². The summed E-state index contributed by atoms with van der Waals surface area (Å²) < 4.78 is 0. The molecule has 2 nitrogen and oxygen atoms in total. The molecule has 1 N–H and O–H groups in total. The van der Waals surface area contributed by atoms with Crippen LogP contribution in [0.25, 0.3) is 0 Å². The van der Waals surface area contributed by atoms with E-state index in [2.05, 4.69) is 36.3 Å². The molecule has 18 heavy (non-hydrogen) atoms. The second-order valence-electron chi connectivity index (χ2n) is 5.29. The molecule has 1 aliphatic rings. The summed E-state index contributed by atoms with van der Waals surface area (Å²) in [6.07, 6.45) is 3.92. The van der Waals surface area contributed by atoms with E-state index in [0.717, 1.165) is 17.6 Å². The first-order valence-electron chi connectivity index (χ1n) is 6.86. The maximum Gasteiger partial charge on any atom is 0.0406 e. The minimum Gasteiger partial charge on any atom is -0.314 e. The lowest BCUT2D eigenvalue weighted by Gasteiger charge is -2.26. The van der Waals surface area contributed by atoms with E-state index in [1.54, 1.807) is 0 Å². The van der Waals surface area contributed by atoms with Gasteiger partial charge < -0.3 is 5.32 Å². The van der Waals surface area contributed by atoms with Gasteiger partial charge in [-0.15, -0.1) is 0 Å². The van der Waals surface area contributed by atoms with Crippen LogP contribution in [0.3, 0.4) is 0 Å². The normalized spacial score (nSPS) is 21.4. The SMILES string of the molecule is CC(c1ccc(Cl)cc1)N(C)CCC1CCCN1. The highest BCUT2D eigenvalue weighted by molar-refractivity contribution is 6.30. The van der Waals surface area contributed by atoms with Crippen LogP contribution in [0.15, 0.2) is 24.3 Å². The van der Waals surface area contributed by atoms with E-state index < -0.39 is 0 Å². The van der Waals surface area contributed by atoms with Crippen molar-refractivity contribution < 1.29 is 0 Å². The zero-order valence-electron chi connectivity index (χ0n) is 11.3. The molecule has 2 atom stereocenters. The van der Waals surface area contributed by atoms with Crippen LogP contribution in [-0.4, -0.2) is 31.1 Å². The molecule has 1 saturated heterocycles. The average Bonchev–Trinajstić information content (AvgIpc) is 2.89. The third-order valence-corrected chi connectivity index (χ3v) is 4.26. The summed E-state index contributed by atoms with van der Waals surface area (Å²) >= 11 is 5.92. The molecule has 0 spiro atoms. The van der Waals surface area contributed by atoms with Crippen molar-refractivity contribution in [3.63, 3.8) is 0 Å². The van der Waals surface area contributed by atoms with E-state index >= 15 is 0 Å². The first-order valence-corrected chi connectivity index (χ1v) is 7.23. The molecule has 0 aliphatic carbocycles. The van der Waals surface area contributed by atoms with Crippen molar-refractivity contribution in [2.24, 2.45) is 0 Å². The first-order chi connectivity index (χ1) is 8.66. The predicted octanol–water partition coefficient (Wildman–Crippen LogP) is 3.47. The van der Waals surface area contributed by atoms with E-state index in [-0.39, 0.29) is 0 Å². The lowest BCUT2D eigenvalue weighted by molar-refractivity contribution is 0.248. The third kappa shape index (κ3) is 3.71. The molecule has 0 amide bonds. The van der Waals surface area contributed by atoms with Crippen LogP contribution in [-0.2, 0) is 0 Å². The lowest BCUT2D eigenvalue weighted by Crippen LogP contribution is -2.30. The third-order valence-electron chi connectivity index (χ3n) is 4.01. The highest BCUT2D eigenvalue weighted by Crippen LogP contribution is 2.21. The summed E-state index contributed by atoms with van der Waals surface area (Å²) in [6, 6.07) is 9.36. The lowest BCUT2D eigenvalue weighted by atomic mass is 10.1. The van der Waals surface area contributed by atoms with Gasteiger partial charge in [0.1, 0.15) is 0 Å². The maximum atomic E-state index is 5.92. The van der Waals surface area contributed by atoms with Gasteiger partial charge in [-0.1, -0.05) is 23.7 Å². The number of nitrogens with zero attached hydrogens (tertiary/aromatic N) is 1. The Morgan fingerprint density at radius 1 is 1.39 bits per heavy atom. The molecule has 1 aromatic rings. The van der Waals surface area contributed by atoms with Crippen molar-refractivity contribution in [2.75, 3.05) is 20.1 Å². The Morgan fingerprint density at radius 2 is 2.11 bits per heavy atom. The fourth-order valence-electron chi connectivity index (χ4n) is 2.55. The van der Waals surface area contributed by atoms with Crippen LogP contribution in [0.2, 0.25) is 5.02 Å². The van der Waals surface area contributed by atoms with Gasteiger partial charge in [0, 0.05) is 17.1 Å². The molecule has 3 heteroatoms. The van der Waals surface area contributed by atoms with Crippen LogP contribution in [0.1, 0.15) is 37.8 Å². The Labute approximate surface area is 115 Å². The van der Waals surface area contributed by atoms with Crippen molar-refractivity contribution in [1.82, 2.24) is 10.2 Å². The van der Waals surface area contributed by atoms with E-state index in [9.17, 15) is 0 Å². The molecule has 0 radical (unpaired) electrons. The largest absolute Gasteiger partial charge is 0.314 e. The van der Waals surface area contributed by atoms with E-state index in [1.165, 1.54) is 31.4 Å². The zero-order chi connectivity index (χ0) is 13.0. The fraction of sp³-hybridized carbons (Fsp3) is 0.600. The van der Waals surface area contributed by atoms with Gasteiger partial charge >= 0.3 is 0 Å². The van der Waals surface area contributed by atoms with Gasteiger partial charge in [0.15, 0.2) is 0 Å². The number of rotatable bonds is 5. The van der Waals surface area contributed by atoms with Crippen LogP contribution < -0.4 is 5.32 Å². The highest BCUT2D eigenvalue weighted by Gasteiger charge is 2.16. The molecule has 1 heterocycles. The van der Waals surface area contributed by atoms with Gasteiger partial charge in [-0.25, -0.2) is 0 Å². The summed E-state index contributed by atoms with van der Waals surface area (Å²) in [5.41, 5.74) is 1.33. The van der Waals surface area contributed by atoms with Crippen molar-refractivity contribution >= 4 is 11.6 Å². The van der Waals surface area contributed by atoms with Crippen molar-refractivity contribution in [1.29, 1.82) is 0 Å². The predicted molar refractivity (Wildman–Crippen MR) is 78.1 cm³/mol. The Bertz CT molecular complexity index is 357. The topological polar surface area (TPSA) is 15.3 Å². The molecule has 100 valence electrons. The summed E-state index contributed by atoms with van der Waals surface area (Å²) in [5.74, 6) is 0. The van der Waals surface area contributed by atoms with E-state index in [0.29, 0.717) is 6.04 Å². The average molecular weight is 267 g/mol. The van der Waals surface area contributed by atoms with Crippen LogP contribution in [0.4, 0.5) is 0 Å². The highest BCUT2D eigenvalue weighted by atomic mass is 35.5. The van der Waals surface area contributed by atoms with Crippen molar-refractivity contribution in [3.05, 3.63) is 34.9 Å². The molecule has 1 aliphatic heterocycles. The van der Waals surface area contributed by atoms with Gasteiger partial charge in [-0.3, -0.25) is 4.90 Å². The minimum absolute atomic E-state index is 0.448.